The number of halogens is 1. The first-order chi connectivity index (χ1) is 14.7. The van der Waals surface area contributed by atoms with Gasteiger partial charge in [-0.3, -0.25) is 9.89 Å². The van der Waals surface area contributed by atoms with Crippen molar-refractivity contribution in [3.05, 3.63) is 35.4 Å². The molecule has 0 bridgehead atoms. The van der Waals surface area contributed by atoms with Gasteiger partial charge in [0.25, 0.3) is 0 Å². The van der Waals surface area contributed by atoms with Gasteiger partial charge in [0, 0.05) is 45.9 Å². The number of piperidine rings is 1. The summed E-state index contributed by atoms with van der Waals surface area (Å²) < 4.78 is 11.9. The molecule has 3 unspecified atom stereocenters. The van der Waals surface area contributed by atoms with Crippen molar-refractivity contribution in [2.45, 2.75) is 70.4 Å². The number of hydrogen-bond donors (Lipinski definition) is 1. The van der Waals surface area contributed by atoms with Crippen LogP contribution in [0.25, 0.3) is 0 Å². The predicted octanol–water partition coefficient (Wildman–Crippen LogP) is 3.63. The smallest absolute Gasteiger partial charge is 0.194 e. The van der Waals surface area contributed by atoms with Gasteiger partial charge in [-0.15, -0.1) is 24.0 Å². The standard InChI is InChI=1S/C24H38N4O2.HI/c1-19-8-5-6-12-27(19)17-21-10-4-3-9-20(21)16-26-24(25-2)28-13-15-30-23(18-28)22-11-7-14-29-22;/h3-4,9-10,19,22-23H,5-8,11-18H2,1-2H3,(H,25,26);1H. The maximum absolute atomic E-state index is 6.01. The SMILES string of the molecule is CN=C(NCc1ccccc1CN1CCCCC1C)N1CCOC(C2CCCO2)C1.I. The first-order valence-corrected chi connectivity index (χ1v) is 11.7. The minimum Gasteiger partial charge on any atom is -0.375 e. The molecule has 31 heavy (non-hydrogen) atoms. The zero-order chi connectivity index (χ0) is 20.8. The van der Waals surface area contributed by atoms with Crippen LogP contribution in [-0.4, -0.2) is 73.9 Å². The lowest BCUT2D eigenvalue weighted by molar-refractivity contribution is -0.0817. The quantitative estimate of drug-likeness (QED) is 0.350. The molecule has 1 aromatic carbocycles. The highest BCUT2D eigenvalue weighted by atomic mass is 127. The van der Waals surface area contributed by atoms with E-state index in [4.69, 9.17) is 9.47 Å². The molecule has 0 amide bonds. The topological polar surface area (TPSA) is 49.3 Å². The van der Waals surface area contributed by atoms with Gasteiger partial charge >= 0.3 is 0 Å². The van der Waals surface area contributed by atoms with E-state index >= 15 is 0 Å². The predicted molar refractivity (Wildman–Crippen MR) is 136 cm³/mol. The molecule has 0 aliphatic carbocycles. The van der Waals surface area contributed by atoms with Crippen LogP contribution in [0.5, 0.6) is 0 Å². The summed E-state index contributed by atoms with van der Waals surface area (Å²) in [6.45, 7) is 8.72. The molecule has 0 saturated carbocycles. The van der Waals surface area contributed by atoms with E-state index in [0.29, 0.717) is 6.04 Å². The van der Waals surface area contributed by atoms with Gasteiger partial charge in [0.1, 0.15) is 6.10 Å². The molecule has 3 heterocycles. The Morgan fingerprint density at radius 2 is 1.84 bits per heavy atom. The molecule has 174 valence electrons. The molecule has 3 aliphatic heterocycles. The molecule has 0 spiro atoms. The van der Waals surface area contributed by atoms with Gasteiger partial charge in [-0.1, -0.05) is 30.7 Å². The van der Waals surface area contributed by atoms with E-state index in [2.05, 4.69) is 51.3 Å². The van der Waals surface area contributed by atoms with Crippen LogP contribution >= 0.6 is 24.0 Å². The average molecular weight is 543 g/mol. The Hall–Kier alpha value is -0.900. The van der Waals surface area contributed by atoms with Gasteiger partial charge < -0.3 is 19.7 Å². The summed E-state index contributed by atoms with van der Waals surface area (Å²) in [7, 11) is 1.88. The third-order valence-electron chi connectivity index (χ3n) is 6.85. The Balaban J connectivity index is 0.00000272. The molecule has 3 saturated heterocycles. The van der Waals surface area contributed by atoms with Crippen LogP contribution < -0.4 is 5.32 Å². The fourth-order valence-corrected chi connectivity index (χ4v) is 4.99. The summed E-state index contributed by atoms with van der Waals surface area (Å²) in [5.74, 6) is 0.961. The Kier molecular flexibility index (Phi) is 9.87. The van der Waals surface area contributed by atoms with Crippen LogP contribution in [0.2, 0.25) is 0 Å². The van der Waals surface area contributed by atoms with Crippen LogP contribution in [0.3, 0.4) is 0 Å². The zero-order valence-corrected chi connectivity index (χ0v) is 21.4. The summed E-state index contributed by atoms with van der Waals surface area (Å²) in [5, 5.41) is 3.62. The third kappa shape index (κ3) is 6.55. The number of hydrogen-bond acceptors (Lipinski definition) is 4. The second-order valence-corrected chi connectivity index (χ2v) is 8.89. The molecular formula is C24H39IN4O2. The van der Waals surface area contributed by atoms with E-state index in [9.17, 15) is 0 Å². The summed E-state index contributed by atoms with van der Waals surface area (Å²) in [6.07, 6.45) is 6.63. The van der Waals surface area contributed by atoms with Crippen molar-refractivity contribution in [1.82, 2.24) is 15.1 Å². The number of ether oxygens (including phenoxy) is 2. The second kappa shape index (κ2) is 12.4. The number of aliphatic imine (C=N–C) groups is 1. The maximum atomic E-state index is 6.01. The minimum absolute atomic E-state index is 0. The summed E-state index contributed by atoms with van der Waals surface area (Å²) in [5.41, 5.74) is 2.79. The molecule has 1 N–H and O–H groups in total. The van der Waals surface area contributed by atoms with Gasteiger partial charge in [0.05, 0.1) is 12.7 Å². The molecule has 0 radical (unpaired) electrons. The van der Waals surface area contributed by atoms with Crippen molar-refractivity contribution in [2.75, 3.05) is 39.9 Å². The molecular weight excluding hydrogens is 503 g/mol. The first kappa shape index (κ1) is 24.7. The van der Waals surface area contributed by atoms with E-state index in [1.807, 2.05) is 7.05 Å². The molecule has 4 rings (SSSR count). The van der Waals surface area contributed by atoms with E-state index < -0.39 is 0 Å². The largest absolute Gasteiger partial charge is 0.375 e. The highest BCUT2D eigenvalue weighted by Crippen LogP contribution is 2.22. The Morgan fingerprint density at radius 3 is 2.58 bits per heavy atom. The third-order valence-corrected chi connectivity index (χ3v) is 6.85. The second-order valence-electron chi connectivity index (χ2n) is 8.89. The van der Waals surface area contributed by atoms with Gasteiger partial charge in [-0.05, 0) is 50.3 Å². The number of morpholine rings is 1. The molecule has 1 aromatic rings. The van der Waals surface area contributed by atoms with Crippen LogP contribution in [0.1, 0.15) is 50.2 Å². The first-order valence-electron chi connectivity index (χ1n) is 11.7. The van der Waals surface area contributed by atoms with Crippen molar-refractivity contribution < 1.29 is 9.47 Å². The Bertz CT molecular complexity index is 711. The van der Waals surface area contributed by atoms with Crippen molar-refractivity contribution >= 4 is 29.9 Å². The summed E-state index contributed by atoms with van der Waals surface area (Å²) in [4.78, 5) is 9.52. The maximum Gasteiger partial charge on any atom is 0.194 e. The number of guanidine groups is 1. The van der Waals surface area contributed by atoms with Crippen molar-refractivity contribution in [3.8, 4) is 0 Å². The van der Waals surface area contributed by atoms with Crippen LogP contribution in [0.4, 0.5) is 0 Å². The van der Waals surface area contributed by atoms with Gasteiger partial charge in [0.15, 0.2) is 5.96 Å². The minimum atomic E-state index is 0. The Labute approximate surface area is 204 Å². The van der Waals surface area contributed by atoms with Crippen LogP contribution in [0, 0.1) is 0 Å². The van der Waals surface area contributed by atoms with E-state index in [0.717, 1.165) is 58.2 Å². The molecule has 3 aliphatic rings. The molecule has 3 atom stereocenters. The fourth-order valence-electron chi connectivity index (χ4n) is 4.99. The number of rotatable bonds is 5. The molecule has 7 heteroatoms. The Morgan fingerprint density at radius 1 is 1.03 bits per heavy atom. The molecule has 3 fully saturated rings. The number of benzene rings is 1. The van der Waals surface area contributed by atoms with Crippen molar-refractivity contribution in [3.63, 3.8) is 0 Å². The van der Waals surface area contributed by atoms with Crippen molar-refractivity contribution in [2.24, 2.45) is 4.99 Å². The lowest BCUT2D eigenvalue weighted by atomic mass is 10.0. The van der Waals surface area contributed by atoms with E-state index in [-0.39, 0.29) is 36.2 Å². The summed E-state index contributed by atoms with van der Waals surface area (Å²) in [6, 6.07) is 9.51. The highest BCUT2D eigenvalue weighted by Gasteiger charge is 2.32. The fraction of sp³-hybridized carbons (Fsp3) is 0.708. The monoisotopic (exact) mass is 542 g/mol. The van der Waals surface area contributed by atoms with Gasteiger partial charge in [0.2, 0.25) is 0 Å². The van der Waals surface area contributed by atoms with Crippen LogP contribution in [0.15, 0.2) is 29.3 Å². The lowest BCUT2D eigenvalue weighted by Crippen LogP contribution is -2.53. The zero-order valence-electron chi connectivity index (χ0n) is 19.1. The van der Waals surface area contributed by atoms with Gasteiger partial charge in [-0.25, -0.2) is 0 Å². The lowest BCUT2D eigenvalue weighted by Gasteiger charge is -2.37. The number of likely N-dealkylation sites (tertiary alicyclic amines) is 1. The van der Waals surface area contributed by atoms with Crippen molar-refractivity contribution in [1.29, 1.82) is 0 Å². The number of nitrogens with one attached hydrogen (secondary N) is 1. The average Bonchev–Trinajstić information content (AvgIpc) is 3.32. The molecule has 0 aromatic heterocycles. The highest BCUT2D eigenvalue weighted by molar-refractivity contribution is 14.0. The van der Waals surface area contributed by atoms with E-state index in [1.165, 1.54) is 36.9 Å². The van der Waals surface area contributed by atoms with E-state index in [1.54, 1.807) is 0 Å². The van der Waals surface area contributed by atoms with Gasteiger partial charge in [-0.2, -0.15) is 0 Å². The summed E-state index contributed by atoms with van der Waals surface area (Å²) >= 11 is 0. The van der Waals surface area contributed by atoms with Crippen LogP contribution in [-0.2, 0) is 22.6 Å². The molecule has 6 nitrogen and oxygen atoms in total. The number of nitrogens with zero attached hydrogens (tertiary/aromatic N) is 3. The normalized spacial score (nSPS) is 27.7.